The van der Waals surface area contributed by atoms with E-state index in [-0.39, 0.29) is 23.3 Å². The first kappa shape index (κ1) is 24.8. The molecule has 180 valence electrons. The minimum Gasteiger partial charge on any atom is -0.396 e. The number of rotatable bonds is 6. The molecule has 1 saturated heterocycles. The number of nitrogens with two attached hydrogens (primary N) is 2. The summed E-state index contributed by atoms with van der Waals surface area (Å²) < 4.78 is 0. The van der Waals surface area contributed by atoms with Crippen LogP contribution < -0.4 is 16.8 Å². The first-order valence-electron chi connectivity index (χ1n) is 11.5. The molecule has 0 spiro atoms. The number of hydrogen-bond donors (Lipinski definition) is 3. The van der Waals surface area contributed by atoms with Crippen LogP contribution >= 0.6 is 11.3 Å². The van der Waals surface area contributed by atoms with Crippen molar-refractivity contribution < 1.29 is 9.59 Å². The van der Waals surface area contributed by atoms with Crippen LogP contribution in [0, 0.1) is 17.3 Å². The highest BCUT2D eigenvalue weighted by atomic mass is 32.1. The molecule has 0 unspecified atom stereocenters. The number of likely N-dealkylation sites (tertiary alicyclic amines) is 1. The van der Waals surface area contributed by atoms with Gasteiger partial charge in [-0.05, 0) is 64.2 Å². The molecule has 1 aliphatic carbocycles. The number of nitrogen functional groups attached to an aromatic ring is 2. The summed E-state index contributed by atoms with van der Waals surface area (Å²) in [5.41, 5.74) is 14.1. The fourth-order valence-electron chi connectivity index (χ4n) is 5.49. The number of anilines is 2. The van der Waals surface area contributed by atoms with Crippen molar-refractivity contribution in [1.82, 2.24) is 20.0 Å². The van der Waals surface area contributed by atoms with E-state index in [1.165, 1.54) is 15.3 Å². The topological polar surface area (TPSA) is 108 Å². The average Bonchev–Trinajstić information content (AvgIpc) is 2.98. The molecule has 1 aliphatic heterocycles. The van der Waals surface area contributed by atoms with Gasteiger partial charge in [-0.15, -0.1) is 11.3 Å². The molecule has 32 heavy (non-hydrogen) atoms. The number of fused-ring (bicyclic) bond motifs is 2. The molecule has 8 nitrogen and oxygen atoms in total. The van der Waals surface area contributed by atoms with Gasteiger partial charge in [-0.1, -0.05) is 13.8 Å². The molecule has 2 aliphatic rings. The van der Waals surface area contributed by atoms with Crippen molar-refractivity contribution in [3.05, 3.63) is 10.4 Å². The van der Waals surface area contributed by atoms with E-state index >= 15 is 0 Å². The molecule has 3 amide bonds. The number of carbonyl (C=O) groups is 2. The molecule has 0 bridgehead atoms. The number of carbonyl (C=O) groups excluding carboxylic acids is 2. The summed E-state index contributed by atoms with van der Waals surface area (Å²) in [5, 5.41) is 3.69. The van der Waals surface area contributed by atoms with Gasteiger partial charge in [0.05, 0.1) is 11.6 Å². The third kappa shape index (κ3) is 5.21. The first-order valence-corrected chi connectivity index (χ1v) is 12.3. The second-order valence-electron chi connectivity index (χ2n) is 10.5. The number of imide groups is 1. The fraction of sp³-hybridized carbons (Fsp3) is 0.739. The number of likely N-dealkylation sites (N-methyl/N-ethyl adjacent to an activating group) is 1. The molecule has 9 heteroatoms. The zero-order chi connectivity index (χ0) is 23.8. The first-order chi connectivity index (χ1) is 14.9. The summed E-state index contributed by atoms with van der Waals surface area (Å²) in [5.74, 6) is 0.0668. The average molecular weight is 465 g/mol. The van der Waals surface area contributed by atoms with Crippen LogP contribution in [-0.4, -0.2) is 80.0 Å². The predicted octanol–water partition coefficient (Wildman–Crippen LogP) is 2.09. The molecule has 0 saturated carbocycles. The summed E-state index contributed by atoms with van der Waals surface area (Å²) in [6.45, 7) is 8.49. The minimum absolute atomic E-state index is 0.0793. The minimum atomic E-state index is -0.296. The second-order valence-corrected chi connectivity index (χ2v) is 11.7. The summed E-state index contributed by atoms with van der Waals surface area (Å²) in [6.07, 6.45) is 2.56. The standard InChI is InChI=1S/C23H40N6O2S/c1-7-29(22(31)26-12-23(2,3)13-27(4)5)21(30)15-8-14-9-16-18(32-20(25)19(16)24)10-17(14)28(6)11-15/h14-15,17H,7-13,24-25H2,1-6H3,(H,26,31)/t14-,15-,17-/m1/s1. The Morgan fingerprint density at radius 2 is 1.94 bits per heavy atom. The lowest BCUT2D eigenvalue weighted by atomic mass is 9.74. The molecular formula is C23H40N6O2S. The molecule has 1 aromatic rings. The van der Waals surface area contributed by atoms with Crippen molar-refractivity contribution >= 4 is 34.0 Å². The predicted molar refractivity (Wildman–Crippen MR) is 132 cm³/mol. The van der Waals surface area contributed by atoms with Gasteiger partial charge in [-0.25, -0.2) is 4.79 Å². The SMILES string of the molecule is CCN(C(=O)NCC(C)(C)CN(C)C)C(=O)[C@@H]1C[C@@H]2Cc3c(sc(N)c3N)C[C@H]2N(C)C1. The molecule has 0 radical (unpaired) electrons. The van der Waals surface area contributed by atoms with Gasteiger partial charge in [-0.2, -0.15) is 0 Å². The lowest BCUT2D eigenvalue weighted by Crippen LogP contribution is -2.55. The van der Waals surface area contributed by atoms with Gasteiger partial charge in [0.15, 0.2) is 0 Å². The number of thiophene rings is 1. The van der Waals surface area contributed by atoms with Gasteiger partial charge >= 0.3 is 6.03 Å². The van der Waals surface area contributed by atoms with E-state index in [0.29, 0.717) is 36.6 Å². The molecule has 1 fully saturated rings. The highest BCUT2D eigenvalue weighted by Crippen LogP contribution is 2.44. The molecular weight excluding hydrogens is 424 g/mol. The van der Waals surface area contributed by atoms with Gasteiger partial charge in [-0.3, -0.25) is 9.69 Å². The van der Waals surface area contributed by atoms with Gasteiger partial charge in [0, 0.05) is 37.1 Å². The van der Waals surface area contributed by atoms with Crippen molar-refractivity contribution in [2.45, 2.75) is 46.1 Å². The van der Waals surface area contributed by atoms with Crippen LogP contribution in [0.5, 0.6) is 0 Å². The Morgan fingerprint density at radius 1 is 1.25 bits per heavy atom. The Balaban J connectivity index is 1.66. The van der Waals surface area contributed by atoms with Crippen LogP contribution in [0.25, 0.3) is 0 Å². The maximum Gasteiger partial charge on any atom is 0.324 e. The monoisotopic (exact) mass is 464 g/mol. The van der Waals surface area contributed by atoms with E-state index < -0.39 is 0 Å². The highest BCUT2D eigenvalue weighted by molar-refractivity contribution is 7.16. The third-order valence-corrected chi connectivity index (χ3v) is 7.97. The normalized spacial score (nSPS) is 23.5. The second kappa shape index (κ2) is 9.57. The van der Waals surface area contributed by atoms with Crippen molar-refractivity contribution in [3.63, 3.8) is 0 Å². The van der Waals surface area contributed by atoms with E-state index in [9.17, 15) is 9.59 Å². The van der Waals surface area contributed by atoms with Gasteiger partial charge < -0.3 is 26.6 Å². The van der Waals surface area contributed by atoms with Crippen LogP contribution in [0.15, 0.2) is 0 Å². The van der Waals surface area contributed by atoms with Gasteiger partial charge in [0.2, 0.25) is 5.91 Å². The summed E-state index contributed by atoms with van der Waals surface area (Å²) in [7, 11) is 6.12. The fourth-order valence-corrected chi connectivity index (χ4v) is 6.56. The van der Waals surface area contributed by atoms with Crippen molar-refractivity contribution in [2.24, 2.45) is 17.3 Å². The van der Waals surface area contributed by atoms with Crippen LogP contribution in [0.4, 0.5) is 15.5 Å². The van der Waals surface area contributed by atoms with E-state index in [0.717, 1.165) is 31.5 Å². The third-order valence-electron chi connectivity index (χ3n) is 6.87. The highest BCUT2D eigenvalue weighted by Gasteiger charge is 2.42. The van der Waals surface area contributed by atoms with Crippen molar-refractivity contribution in [3.8, 4) is 0 Å². The number of nitrogens with zero attached hydrogens (tertiary/aromatic N) is 3. The Morgan fingerprint density at radius 3 is 2.56 bits per heavy atom. The molecule has 0 aromatic carbocycles. The smallest absolute Gasteiger partial charge is 0.324 e. The molecule has 1 aromatic heterocycles. The zero-order valence-electron chi connectivity index (χ0n) is 20.4. The lowest BCUT2D eigenvalue weighted by molar-refractivity contribution is -0.135. The zero-order valence-corrected chi connectivity index (χ0v) is 21.2. The molecule has 2 heterocycles. The quantitative estimate of drug-likeness (QED) is 0.595. The number of piperidine rings is 1. The van der Waals surface area contributed by atoms with E-state index in [1.807, 2.05) is 21.0 Å². The summed E-state index contributed by atoms with van der Waals surface area (Å²) in [6, 6.07) is 0.0922. The molecule has 5 N–H and O–H groups in total. The van der Waals surface area contributed by atoms with Crippen molar-refractivity contribution in [2.75, 3.05) is 58.8 Å². The maximum atomic E-state index is 13.4. The Labute approximate surface area is 196 Å². The van der Waals surface area contributed by atoms with Crippen LogP contribution in [0.3, 0.4) is 0 Å². The Hall–Kier alpha value is -1.84. The van der Waals surface area contributed by atoms with E-state index in [4.69, 9.17) is 11.5 Å². The number of hydrogen-bond acceptors (Lipinski definition) is 7. The van der Waals surface area contributed by atoms with Crippen molar-refractivity contribution in [1.29, 1.82) is 0 Å². The van der Waals surface area contributed by atoms with E-state index in [1.54, 1.807) is 11.3 Å². The molecule has 3 atom stereocenters. The molecule has 3 rings (SSSR count). The van der Waals surface area contributed by atoms with E-state index in [2.05, 4.69) is 36.0 Å². The Kier molecular flexibility index (Phi) is 7.41. The number of amides is 3. The van der Waals surface area contributed by atoms with Crippen LogP contribution in [0.2, 0.25) is 0 Å². The lowest BCUT2D eigenvalue weighted by Gasteiger charge is -2.45. The number of urea groups is 1. The number of nitrogens with one attached hydrogen (secondary N) is 1. The van der Waals surface area contributed by atoms with Crippen LogP contribution in [-0.2, 0) is 17.6 Å². The van der Waals surface area contributed by atoms with Gasteiger partial charge in [0.1, 0.15) is 5.00 Å². The summed E-state index contributed by atoms with van der Waals surface area (Å²) >= 11 is 1.60. The van der Waals surface area contributed by atoms with Crippen LogP contribution in [0.1, 0.15) is 37.6 Å². The maximum absolute atomic E-state index is 13.4. The largest absolute Gasteiger partial charge is 0.396 e. The van der Waals surface area contributed by atoms with Gasteiger partial charge in [0.25, 0.3) is 0 Å². The summed E-state index contributed by atoms with van der Waals surface area (Å²) in [4.78, 5) is 33.4. The Bertz CT molecular complexity index is 852.